The number of amides is 2. The number of benzene rings is 2. The van der Waals surface area contributed by atoms with Gasteiger partial charge in [0.15, 0.2) is 0 Å². The van der Waals surface area contributed by atoms with E-state index in [1.807, 2.05) is 37.3 Å². The molecular weight excluding hydrogens is 431 g/mol. The van der Waals surface area contributed by atoms with Crippen LogP contribution in [0.5, 0.6) is 0 Å². The summed E-state index contributed by atoms with van der Waals surface area (Å²) in [7, 11) is 0. The van der Waals surface area contributed by atoms with E-state index in [1.165, 1.54) is 6.42 Å². The van der Waals surface area contributed by atoms with Gasteiger partial charge in [0.2, 0.25) is 11.8 Å². The number of carbonyl (C=O) groups is 2. The minimum absolute atomic E-state index is 0.110. The zero-order valence-corrected chi connectivity index (χ0v) is 19.7. The fourth-order valence-electron chi connectivity index (χ4n) is 3.97. The molecule has 2 amide bonds. The third-order valence-electron chi connectivity index (χ3n) is 5.95. The largest absolute Gasteiger partial charge is 0.352 e. The maximum atomic E-state index is 13.3. The summed E-state index contributed by atoms with van der Waals surface area (Å²) in [6.07, 6.45) is 5.72. The van der Waals surface area contributed by atoms with E-state index in [0.29, 0.717) is 10.0 Å². The van der Waals surface area contributed by atoms with E-state index < -0.39 is 6.04 Å². The van der Waals surface area contributed by atoms with Crippen molar-refractivity contribution in [1.29, 1.82) is 0 Å². The van der Waals surface area contributed by atoms with Gasteiger partial charge in [-0.2, -0.15) is 0 Å². The van der Waals surface area contributed by atoms with Crippen LogP contribution in [0, 0.1) is 6.92 Å². The van der Waals surface area contributed by atoms with Crippen LogP contribution in [0.2, 0.25) is 10.0 Å². The molecule has 1 saturated carbocycles. The zero-order valence-electron chi connectivity index (χ0n) is 18.2. The summed E-state index contributed by atoms with van der Waals surface area (Å²) in [6.45, 7) is 4.05. The van der Waals surface area contributed by atoms with Gasteiger partial charge in [0.05, 0.1) is 6.42 Å². The van der Waals surface area contributed by atoms with Crippen molar-refractivity contribution in [3.8, 4) is 0 Å². The molecule has 0 aliphatic heterocycles. The van der Waals surface area contributed by atoms with Crippen molar-refractivity contribution < 1.29 is 9.59 Å². The molecule has 0 spiro atoms. The third-order valence-corrected chi connectivity index (χ3v) is 6.54. The van der Waals surface area contributed by atoms with Crippen LogP contribution in [0.25, 0.3) is 0 Å². The highest BCUT2D eigenvalue weighted by Crippen LogP contribution is 2.24. The first-order chi connectivity index (χ1) is 14.8. The van der Waals surface area contributed by atoms with Crippen molar-refractivity contribution in [2.75, 3.05) is 0 Å². The van der Waals surface area contributed by atoms with Crippen molar-refractivity contribution in [1.82, 2.24) is 10.2 Å². The molecule has 1 atom stereocenters. The average molecular weight is 461 g/mol. The number of aryl methyl sites for hydroxylation is 1. The van der Waals surface area contributed by atoms with E-state index >= 15 is 0 Å². The lowest BCUT2D eigenvalue weighted by Crippen LogP contribution is -2.50. The second-order valence-electron chi connectivity index (χ2n) is 8.44. The quantitative estimate of drug-likeness (QED) is 0.574. The standard InChI is InChI=1S/C25H30Cl2N2O2/c1-17-8-10-19(11-9-17)14-24(30)29(16-20-12-13-21(26)15-23(20)27)18(2)25(31)28-22-6-4-3-5-7-22/h8-13,15,18,22H,3-7,14,16H2,1-2H3,(H,28,31)/t18-/m0/s1. The summed E-state index contributed by atoms with van der Waals surface area (Å²) in [4.78, 5) is 27.9. The molecule has 0 radical (unpaired) electrons. The molecule has 0 unspecified atom stereocenters. The molecule has 31 heavy (non-hydrogen) atoms. The number of carbonyl (C=O) groups excluding carboxylic acids is 2. The molecule has 1 aliphatic rings. The first kappa shape index (κ1) is 23.6. The van der Waals surface area contributed by atoms with E-state index in [4.69, 9.17) is 23.2 Å². The van der Waals surface area contributed by atoms with Gasteiger partial charge in [-0.1, -0.05) is 78.4 Å². The van der Waals surface area contributed by atoms with Crippen LogP contribution in [0.4, 0.5) is 0 Å². The maximum Gasteiger partial charge on any atom is 0.242 e. The summed E-state index contributed by atoms with van der Waals surface area (Å²) >= 11 is 12.4. The lowest BCUT2D eigenvalue weighted by molar-refractivity contribution is -0.140. The Morgan fingerprint density at radius 2 is 1.74 bits per heavy atom. The molecule has 0 heterocycles. The molecule has 0 aromatic heterocycles. The lowest BCUT2D eigenvalue weighted by Gasteiger charge is -2.31. The van der Waals surface area contributed by atoms with Crippen LogP contribution >= 0.6 is 23.2 Å². The van der Waals surface area contributed by atoms with Crippen LogP contribution in [0.1, 0.15) is 55.7 Å². The Morgan fingerprint density at radius 3 is 2.39 bits per heavy atom. The van der Waals surface area contributed by atoms with Gasteiger partial charge in [-0.15, -0.1) is 0 Å². The van der Waals surface area contributed by atoms with Crippen molar-refractivity contribution in [2.45, 2.75) is 71.0 Å². The average Bonchev–Trinajstić information content (AvgIpc) is 2.75. The van der Waals surface area contributed by atoms with Crippen molar-refractivity contribution >= 4 is 35.0 Å². The van der Waals surface area contributed by atoms with Crippen LogP contribution in [0.15, 0.2) is 42.5 Å². The van der Waals surface area contributed by atoms with E-state index in [2.05, 4.69) is 5.32 Å². The third kappa shape index (κ3) is 6.72. The SMILES string of the molecule is Cc1ccc(CC(=O)N(Cc2ccc(Cl)cc2Cl)[C@@H](C)C(=O)NC2CCCCC2)cc1. The Labute approximate surface area is 194 Å². The van der Waals surface area contributed by atoms with Gasteiger partial charge in [-0.3, -0.25) is 9.59 Å². The van der Waals surface area contributed by atoms with Crippen molar-refractivity contribution in [2.24, 2.45) is 0 Å². The Morgan fingerprint density at radius 1 is 1.06 bits per heavy atom. The Hall–Kier alpha value is -2.04. The summed E-state index contributed by atoms with van der Waals surface area (Å²) in [5.74, 6) is -0.226. The molecule has 3 rings (SSSR count). The molecule has 0 bridgehead atoms. The van der Waals surface area contributed by atoms with Crippen molar-refractivity contribution in [3.05, 3.63) is 69.2 Å². The van der Waals surface area contributed by atoms with E-state index in [0.717, 1.165) is 42.4 Å². The van der Waals surface area contributed by atoms with E-state index in [9.17, 15) is 9.59 Å². The van der Waals surface area contributed by atoms with Crippen LogP contribution in [-0.4, -0.2) is 28.8 Å². The van der Waals surface area contributed by atoms with Gasteiger partial charge in [-0.25, -0.2) is 0 Å². The first-order valence-corrected chi connectivity index (χ1v) is 11.7. The van der Waals surface area contributed by atoms with Crippen LogP contribution < -0.4 is 5.32 Å². The maximum absolute atomic E-state index is 13.3. The number of hydrogen-bond donors (Lipinski definition) is 1. The van der Waals surface area contributed by atoms with Gasteiger partial charge in [0.25, 0.3) is 0 Å². The van der Waals surface area contributed by atoms with Crippen molar-refractivity contribution in [3.63, 3.8) is 0 Å². The molecule has 1 fully saturated rings. The number of hydrogen-bond acceptors (Lipinski definition) is 2. The van der Waals surface area contributed by atoms with Gasteiger partial charge >= 0.3 is 0 Å². The predicted octanol–water partition coefficient (Wildman–Crippen LogP) is 5.71. The monoisotopic (exact) mass is 460 g/mol. The van der Waals surface area contributed by atoms with Gasteiger partial charge in [0, 0.05) is 22.6 Å². The molecule has 2 aromatic rings. The summed E-state index contributed by atoms with van der Waals surface area (Å²) < 4.78 is 0. The molecule has 4 nitrogen and oxygen atoms in total. The second-order valence-corrected chi connectivity index (χ2v) is 9.28. The minimum atomic E-state index is -0.605. The second kappa shape index (κ2) is 11.0. The van der Waals surface area contributed by atoms with Crippen LogP contribution in [0.3, 0.4) is 0 Å². The smallest absolute Gasteiger partial charge is 0.242 e. The van der Waals surface area contributed by atoms with Gasteiger partial charge in [0.1, 0.15) is 6.04 Å². The Bertz CT molecular complexity index is 908. The lowest BCUT2D eigenvalue weighted by atomic mass is 9.95. The van der Waals surface area contributed by atoms with E-state index in [1.54, 1.807) is 24.0 Å². The highest BCUT2D eigenvalue weighted by atomic mass is 35.5. The Balaban J connectivity index is 1.78. The fourth-order valence-corrected chi connectivity index (χ4v) is 4.44. The molecule has 6 heteroatoms. The Kier molecular flexibility index (Phi) is 8.39. The molecule has 2 aromatic carbocycles. The van der Waals surface area contributed by atoms with E-state index in [-0.39, 0.29) is 30.8 Å². The summed E-state index contributed by atoms with van der Waals surface area (Å²) in [6, 6.07) is 12.7. The summed E-state index contributed by atoms with van der Waals surface area (Å²) in [5, 5.41) is 4.17. The first-order valence-electron chi connectivity index (χ1n) is 10.9. The molecule has 1 N–H and O–H groups in total. The number of nitrogens with zero attached hydrogens (tertiary/aromatic N) is 1. The minimum Gasteiger partial charge on any atom is -0.352 e. The predicted molar refractivity (Wildman–Crippen MR) is 126 cm³/mol. The van der Waals surface area contributed by atoms with Crippen LogP contribution in [-0.2, 0) is 22.6 Å². The number of nitrogens with one attached hydrogen (secondary N) is 1. The van der Waals surface area contributed by atoms with Gasteiger partial charge < -0.3 is 10.2 Å². The highest BCUT2D eigenvalue weighted by Gasteiger charge is 2.28. The number of rotatable bonds is 7. The zero-order chi connectivity index (χ0) is 22.4. The highest BCUT2D eigenvalue weighted by molar-refractivity contribution is 6.35. The number of halogens is 2. The summed E-state index contributed by atoms with van der Waals surface area (Å²) in [5.41, 5.74) is 2.82. The topological polar surface area (TPSA) is 49.4 Å². The fraction of sp³-hybridized carbons (Fsp3) is 0.440. The van der Waals surface area contributed by atoms with Gasteiger partial charge in [-0.05, 0) is 49.9 Å². The molecule has 166 valence electrons. The molecule has 1 aliphatic carbocycles. The molecule has 0 saturated heterocycles. The normalized spacial score (nSPS) is 15.4. The molecular formula is C25H30Cl2N2O2.